The van der Waals surface area contributed by atoms with Crippen molar-refractivity contribution >= 4 is 43.5 Å². The van der Waals surface area contributed by atoms with Crippen molar-refractivity contribution in [1.82, 2.24) is 0 Å². The van der Waals surface area contributed by atoms with Crippen LogP contribution in [-0.2, 0) is 0 Å². The van der Waals surface area contributed by atoms with E-state index in [1.165, 1.54) is 6.07 Å². The number of aryl methyl sites for hydroxylation is 2. The molecule has 2 rings (SSSR count). The second kappa shape index (κ2) is 5.94. The Morgan fingerprint density at radius 3 is 2.37 bits per heavy atom. The van der Waals surface area contributed by atoms with Crippen LogP contribution in [0.3, 0.4) is 0 Å². The average Bonchev–Trinajstić information content (AvgIpc) is 2.33. The SMILES string of the molecule is Cc1cc(C(Cl)c2c(F)cccc2Br)c(C)cc1Br. The summed E-state index contributed by atoms with van der Waals surface area (Å²) >= 11 is 13.3. The molecule has 0 bridgehead atoms. The van der Waals surface area contributed by atoms with Gasteiger partial charge in [-0.05, 0) is 48.7 Å². The molecule has 0 aliphatic rings. The smallest absolute Gasteiger partial charge is 0.129 e. The number of hydrogen-bond donors (Lipinski definition) is 0. The summed E-state index contributed by atoms with van der Waals surface area (Å²) < 4.78 is 15.7. The van der Waals surface area contributed by atoms with Crippen molar-refractivity contribution < 1.29 is 4.39 Å². The lowest BCUT2D eigenvalue weighted by Crippen LogP contribution is -2.01. The lowest BCUT2D eigenvalue weighted by Gasteiger charge is -2.17. The topological polar surface area (TPSA) is 0 Å². The standard InChI is InChI=1S/C15H12Br2ClF/c1-8-7-12(17)9(2)6-10(8)15(18)14-11(16)4-3-5-13(14)19/h3-7,15H,1-2H3. The van der Waals surface area contributed by atoms with Gasteiger partial charge >= 0.3 is 0 Å². The van der Waals surface area contributed by atoms with Gasteiger partial charge in [-0.3, -0.25) is 0 Å². The van der Waals surface area contributed by atoms with Gasteiger partial charge in [0, 0.05) is 14.5 Å². The number of benzene rings is 2. The summed E-state index contributed by atoms with van der Waals surface area (Å²) in [4.78, 5) is 0. The Morgan fingerprint density at radius 1 is 1.05 bits per heavy atom. The van der Waals surface area contributed by atoms with E-state index in [0.717, 1.165) is 21.2 Å². The zero-order chi connectivity index (χ0) is 14.2. The highest BCUT2D eigenvalue weighted by Gasteiger charge is 2.20. The Morgan fingerprint density at radius 2 is 1.74 bits per heavy atom. The van der Waals surface area contributed by atoms with E-state index < -0.39 is 5.38 Å². The second-order valence-electron chi connectivity index (χ2n) is 4.46. The van der Waals surface area contributed by atoms with Crippen molar-refractivity contribution in [3.63, 3.8) is 0 Å². The summed E-state index contributed by atoms with van der Waals surface area (Å²) in [7, 11) is 0. The van der Waals surface area contributed by atoms with Gasteiger partial charge in [-0.25, -0.2) is 4.39 Å². The van der Waals surface area contributed by atoms with Crippen LogP contribution in [0.15, 0.2) is 39.3 Å². The molecule has 0 heterocycles. The van der Waals surface area contributed by atoms with Crippen LogP contribution in [0, 0.1) is 19.7 Å². The molecule has 0 saturated carbocycles. The molecule has 0 fully saturated rings. The second-order valence-corrected chi connectivity index (χ2v) is 6.60. The Labute approximate surface area is 134 Å². The number of rotatable bonds is 2. The molecular formula is C15H12Br2ClF. The summed E-state index contributed by atoms with van der Waals surface area (Å²) in [5.41, 5.74) is 3.52. The molecule has 1 unspecified atom stereocenters. The highest BCUT2D eigenvalue weighted by molar-refractivity contribution is 9.10. The molecular weight excluding hydrogens is 394 g/mol. The van der Waals surface area contributed by atoms with Crippen molar-refractivity contribution in [3.8, 4) is 0 Å². The first-order valence-electron chi connectivity index (χ1n) is 5.76. The first-order valence-corrected chi connectivity index (χ1v) is 7.78. The van der Waals surface area contributed by atoms with Crippen molar-refractivity contribution in [2.45, 2.75) is 19.2 Å². The summed E-state index contributed by atoms with van der Waals surface area (Å²) in [6, 6.07) is 8.89. The molecule has 2 aromatic rings. The van der Waals surface area contributed by atoms with E-state index in [4.69, 9.17) is 11.6 Å². The first-order chi connectivity index (χ1) is 8.91. The summed E-state index contributed by atoms with van der Waals surface area (Å²) in [5.74, 6) is -0.297. The summed E-state index contributed by atoms with van der Waals surface area (Å²) in [5, 5.41) is -0.512. The molecule has 19 heavy (non-hydrogen) atoms. The van der Waals surface area contributed by atoms with E-state index in [0.29, 0.717) is 10.0 Å². The highest BCUT2D eigenvalue weighted by Crippen LogP contribution is 2.38. The minimum atomic E-state index is -0.512. The van der Waals surface area contributed by atoms with Gasteiger partial charge in [0.15, 0.2) is 0 Å². The lowest BCUT2D eigenvalue weighted by molar-refractivity contribution is 0.610. The Kier molecular flexibility index (Phi) is 4.70. The zero-order valence-corrected chi connectivity index (χ0v) is 14.4. The molecule has 0 spiro atoms. The minimum absolute atomic E-state index is 0.297. The maximum absolute atomic E-state index is 14.0. The van der Waals surface area contributed by atoms with Crippen LogP contribution in [0.25, 0.3) is 0 Å². The lowest BCUT2D eigenvalue weighted by atomic mass is 9.98. The molecule has 0 N–H and O–H groups in total. The fraction of sp³-hybridized carbons (Fsp3) is 0.200. The maximum Gasteiger partial charge on any atom is 0.129 e. The van der Waals surface area contributed by atoms with Gasteiger partial charge in [-0.2, -0.15) is 0 Å². The number of alkyl halides is 1. The van der Waals surface area contributed by atoms with Crippen molar-refractivity contribution in [1.29, 1.82) is 0 Å². The predicted molar refractivity (Wildman–Crippen MR) is 85.4 cm³/mol. The van der Waals surface area contributed by atoms with Gasteiger partial charge in [0.05, 0.1) is 5.38 Å². The third-order valence-electron chi connectivity index (χ3n) is 3.07. The Balaban J connectivity index is 2.56. The van der Waals surface area contributed by atoms with Crippen LogP contribution in [0.2, 0.25) is 0 Å². The van der Waals surface area contributed by atoms with E-state index in [-0.39, 0.29) is 5.82 Å². The van der Waals surface area contributed by atoms with Crippen LogP contribution in [-0.4, -0.2) is 0 Å². The van der Waals surface area contributed by atoms with Gasteiger partial charge in [-0.15, -0.1) is 11.6 Å². The molecule has 4 heteroatoms. The molecule has 0 saturated heterocycles. The van der Waals surface area contributed by atoms with Crippen LogP contribution < -0.4 is 0 Å². The quantitative estimate of drug-likeness (QED) is 0.514. The fourth-order valence-corrected chi connectivity index (χ4v) is 3.60. The fourth-order valence-electron chi connectivity index (χ4n) is 1.98. The predicted octanol–water partition coefficient (Wildman–Crippen LogP) is 6.30. The van der Waals surface area contributed by atoms with Crippen molar-refractivity contribution in [3.05, 3.63) is 67.3 Å². The van der Waals surface area contributed by atoms with Crippen LogP contribution in [0.5, 0.6) is 0 Å². The molecule has 0 aliphatic heterocycles. The monoisotopic (exact) mass is 404 g/mol. The molecule has 1 atom stereocenters. The van der Waals surface area contributed by atoms with E-state index in [9.17, 15) is 4.39 Å². The third-order valence-corrected chi connectivity index (χ3v) is 5.07. The highest BCUT2D eigenvalue weighted by atomic mass is 79.9. The van der Waals surface area contributed by atoms with E-state index in [1.807, 2.05) is 26.0 Å². The maximum atomic E-state index is 14.0. The van der Waals surface area contributed by atoms with E-state index >= 15 is 0 Å². The molecule has 0 nitrogen and oxygen atoms in total. The molecule has 0 aliphatic carbocycles. The minimum Gasteiger partial charge on any atom is -0.207 e. The molecule has 0 radical (unpaired) electrons. The van der Waals surface area contributed by atoms with Crippen LogP contribution in [0.1, 0.15) is 27.6 Å². The van der Waals surface area contributed by atoms with Gasteiger partial charge < -0.3 is 0 Å². The van der Waals surface area contributed by atoms with Crippen LogP contribution >= 0.6 is 43.5 Å². The molecule has 2 aromatic carbocycles. The Bertz CT molecular complexity index is 606. The average molecular weight is 407 g/mol. The molecule has 100 valence electrons. The van der Waals surface area contributed by atoms with Crippen molar-refractivity contribution in [2.75, 3.05) is 0 Å². The van der Waals surface area contributed by atoms with Crippen molar-refractivity contribution in [2.24, 2.45) is 0 Å². The van der Waals surface area contributed by atoms with E-state index in [2.05, 4.69) is 31.9 Å². The summed E-state index contributed by atoms with van der Waals surface area (Å²) in [6.45, 7) is 3.97. The van der Waals surface area contributed by atoms with Gasteiger partial charge in [-0.1, -0.05) is 44.0 Å². The zero-order valence-electron chi connectivity index (χ0n) is 10.5. The number of halogens is 4. The first kappa shape index (κ1) is 15.0. The molecule has 0 aromatic heterocycles. The molecule has 0 amide bonds. The van der Waals surface area contributed by atoms with Gasteiger partial charge in [0.25, 0.3) is 0 Å². The van der Waals surface area contributed by atoms with Crippen LogP contribution in [0.4, 0.5) is 4.39 Å². The summed E-state index contributed by atoms with van der Waals surface area (Å²) in [6.07, 6.45) is 0. The van der Waals surface area contributed by atoms with E-state index in [1.54, 1.807) is 12.1 Å². The Hall–Kier alpha value is -0.380. The largest absolute Gasteiger partial charge is 0.207 e. The van der Waals surface area contributed by atoms with Gasteiger partial charge in [0.1, 0.15) is 5.82 Å². The number of hydrogen-bond acceptors (Lipinski definition) is 0. The normalized spacial score (nSPS) is 12.5. The third kappa shape index (κ3) is 3.04. The van der Waals surface area contributed by atoms with Gasteiger partial charge in [0.2, 0.25) is 0 Å².